The lowest BCUT2D eigenvalue weighted by Gasteiger charge is -2.33. The fraction of sp³-hybridized carbons (Fsp3) is 0.895. The van der Waals surface area contributed by atoms with Gasteiger partial charge in [0.05, 0.1) is 0 Å². The van der Waals surface area contributed by atoms with Gasteiger partial charge in [-0.2, -0.15) is 0 Å². The first-order valence-electron chi connectivity index (χ1n) is 10.0. The molecule has 136 valence electrons. The summed E-state index contributed by atoms with van der Waals surface area (Å²) in [6.07, 6.45) is 12.3. The van der Waals surface area contributed by atoms with E-state index in [1.54, 1.807) is 4.90 Å². The van der Waals surface area contributed by atoms with Gasteiger partial charge in [-0.05, 0) is 44.4 Å². The Morgan fingerprint density at radius 2 is 1.54 bits per heavy atom. The maximum absolute atomic E-state index is 12.7. The minimum Gasteiger partial charge on any atom is -0.351 e. The van der Waals surface area contributed by atoms with E-state index in [9.17, 15) is 9.59 Å². The second-order valence-electron chi connectivity index (χ2n) is 8.01. The Hall–Kier alpha value is -1.26. The standard InChI is InChI=1S/C19H33N3O2/c1-14-8-5-6-11-16(14)21-18(23)17-12-7-13-22(17)19(24)20-15-9-3-2-4-10-15/h14-17H,2-13H2,1H3,(H,20,24)(H,21,23). The highest BCUT2D eigenvalue weighted by atomic mass is 16.2. The SMILES string of the molecule is CC1CCCCC1NC(=O)C1CCCN1C(=O)NC1CCCCC1. The molecule has 24 heavy (non-hydrogen) atoms. The third-order valence-electron chi connectivity index (χ3n) is 6.19. The lowest BCUT2D eigenvalue weighted by molar-refractivity contribution is -0.126. The smallest absolute Gasteiger partial charge is 0.318 e. The van der Waals surface area contributed by atoms with E-state index in [1.165, 1.54) is 38.5 Å². The summed E-state index contributed by atoms with van der Waals surface area (Å²) in [7, 11) is 0. The minimum atomic E-state index is -0.275. The molecule has 0 aromatic rings. The second kappa shape index (κ2) is 8.21. The molecule has 0 aromatic carbocycles. The molecule has 2 N–H and O–H groups in total. The highest BCUT2D eigenvalue weighted by Gasteiger charge is 2.36. The number of rotatable bonds is 3. The lowest BCUT2D eigenvalue weighted by Crippen LogP contribution is -2.54. The van der Waals surface area contributed by atoms with Crippen LogP contribution in [0.25, 0.3) is 0 Å². The highest BCUT2D eigenvalue weighted by Crippen LogP contribution is 2.25. The first kappa shape index (κ1) is 17.6. The van der Waals surface area contributed by atoms with Crippen molar-refractivity contribution in [2.45, 2.75) is 95.7 Å². The van der Waals surface area contributed by atoms with Gasteiger partial charge in [-0.3, -0.25) is 4.79 Å². The monoisotopic (exact) mass is 335 g/mol. The quantitative estimate of drug-likeness (QED) is 0.832. The van der Waals surface area contributed by atoms with Crippen LogP contribution in [0.2, 0.25) is 0 Å². The molecule has 3 atom stereocenters. The van der Waals surface area contributed by atoms with Gasteiger partial charge in [0, 0.05) is 18.6 Å². The molecule has 1 heterocycles. The third kappa shape index (κ3) is 4.22. The van der Waals surface area contributed by atoms with Gasteiger partial charge in [0.1, 0.15) is 6.04 Å². The summed E-state index contributed by atoms with van der Waals surface area (Å²) in [5, 5.41) is 6.40. The lowest BCUT2D eigenvalue weighted by atomic mass is 9.86. The van der Waals surface area contributed by atoms with E-state index in [2.05, 4.69) is 17.6 Å². The van der Waals surface area contributed by atoms with Crippen LogP contribution in [0.15, 0.2) is 0 Å². The van der Waals surface area contributed by atoms with E-state index in [0.717, 1.165) is 32.1 Å². The molecule has 5 heteroatoms. The van der Waals surface area contributed by atoms with Gasteiger partial charge in [0.2, 0.25) is 5.91 Å². The van der Waals surface area contributed by atoms with Gasteiger partial charge in [0.15, 0.2) is 0 Å². The molecule has 0 aromatic heterocycles. The zero-order valence-electron chi connectivity index (χ0n) is 15.1. The molecule has 1 saturated heterocycles. The van der Waals surface area contributed by atoms with Gasteiger partial charge >= 0.3 is 6.03 Å². The maximum atomic E-state index is 12.7. The molecule has 0 spiro atoms. The van der Waals surface area contributed by atoms with Crippen molar-refractivity contribution in [3.05, 3.63) is 0 Å². The summed E-state index contributed by atoms with van der Waals surface area (Å²) in [6.45, 7) is 2.93. The van der Waals surface area contributed by atoms with E-state index in [0.29, 0.717) is 18.5 Å². The zero-order valence-corrected chi connectivity index (χ0v) is 15.1. The summed E-state index contributed by atoms with van der Waals surface area (Å²) in [6, 6.07) is 0.281. The topological polar surface area (TPSA) is 61.4 Å². The van der Waals surface area contributed by atoms with E-state index >= 15 is 0 Å². The Kier molecular flexibility index (Phi) is 6.01. The van der Waals surface area contributed by atoms with Crippen LogP contribution in [0.3, 0.4) is 0 Å². The number of amides is 3. The number of nitrogens with zero attached hydrogens (tertiary/aromatic N) is 1. The number of likely N-dealkylation sites (tertiary alicyclic amines) is 1. The molecule has 2 saturated carbocycles. The van der Waals surface area contributed by atoms with Gasteiger partial charge in [0.25, 0.3) is 0 Å². The molecule has 3 aliphatic rings. The fourth-order valence-corrected chi connectivity index (χ4v) is 4.60. The summed E-state index contributed by atoms with van der Waals surface area (Å²) in [4.78, 5) is 27.1. The highest BCUT2D eigenvalue weighted by molar-refractivity contribution is 5.88. The van der Waals surface area contributed by atoms with E-state index < -0.39 is 0 Å². The molecular formula is C19H33N3O2. The molecule has 1 aliphatic heterocycles. The normalized spacial score (nSPS) is 31.7. The van der Waals surface area contributed by atoms with Crippen molar-refractivity contribution in [3.8, 4) is 0 Å². The van der Waals surface area contributed by atoms with Crippen LogP contribution in [0.5, 0.6) is 0 Å². The third-order valence-corrected chi connectivity index (χ3v) is 6.19. The molecule has 3 fully saturated rings. The second-order valence-corrected chi connectivity index (χ2v) is 8.01. The average Bonchev–Trinajstić information content (AvgIpc) is 3.08. The summed E-state index contributed by atoms with van der Waals surface area (Å²) in [5.74, 6) is 0.610. The maximum Gasteiger partial charge on any atom is 0.318 e. The van der Waals surface area contributed by atoms with Crippen molar-refractivity contribution in [3.63, 3.8) is 0 Å². The molecule has 3 rings (SSSR count). The largest absolute Gasteiger partial charge is 0.351 e. The van der Waals surface area contributed by atoms with Gasteiger partial charge in [-0.1, -0.05) is 39.0 Å². The van der Waals surface area contributed by atoms with Crippen LogP contribution in [0.4, 0.5) is 4.79 Å². The van der Waals surface area contributed by atoms with Crippen molar-refractivity contribution in [2.75, 3.05) is 6.54 Å². The number of nitrogens with one attached hydrogen (secondary N) is 2. The van der Waals surface area contributed by atoms with Crippen molar-refractivity contribution >= 4 is 11.9 Å². The Labute approximate surface area is 145 Å². The first-order valence-corrected chi connectivity index (χ1v) is 10.0. The number of hydrogen-bond donors (Lipinski definition) is 2. The predicted octanol–water partition coefficient (Wildman–Crippen LogP) is 3.19. The van der Waals surface area contributed by atoms with Crippen molar-refractivity contribution < 1.29 is 9.59 Å². The Morgan fingerprint density at radius 1 is 0.833 bits per heavy atom. The summed E-state index contributed by atoms with van der Waals surface area (Å²) in [5.41, 5.74) is 0. The van der Waals surface area contributed by atoms with Crippen LogP contribution < -0.4 is 10.6 Å². The zero-order chi connectivity index (χ0) is 16.9. The summed E-state index contributed by atoms with van der Waals surface area (Å²) >= 11 is 0. The van der Waals surface area contributed by atoms with Crippen molar-refractivity contribution in [2.24, 2.45) is 5.92 Å². The molecule has 0 radical (unpaired) electrons. The average molecular weight is 335 g/mol. The van der Waals surface area contributed by atoms with E-state index in [1.807, 2.05) is 0 Å². The van der Waals surface area contributed by atoms with Crippen LogP contribution in [0, 0.1) is 5.92 Å². The van der Waals surface area contributed by atoms with Crippen molar-refractivity contribution in [1.82, 2.24) is 15.5 Å². The Bertz CT molecular complexity index is 448. The molecular weight excluding hydrogens is 302 g/mol. The Balaban J connectivity index is 1.53. The number of hydrogen-bond acceptors (Lipinski definition) is 2. The molecule has 3 unspecified atom stereocenters. The predicted molar refractivity (Wildman–Crippen MR) is 94.7 cm³/mol. The van der Waals surface area contributed by atoms with Crippen molar-refractivity contribution in [1.29, 1.82) is 0 Å². The number of carbonyl (C=O) groups excluding carboxylic acids is 2. The van der Waals surface area contributed by atoms with Crippen LogP contribution in [0.1, 0.15) is 77.6 Å². The van der Waals surface area contributed by atoms with Gasteiger partial charge in [-0.15, -0.1) is 0 Å². The van der Waals surface area contributed by atoms with Gasteiger partial charge < -0.3 is 15.5 Å². The molecule has 3 amide bonds. The van der Waals surface area contributed by atoms with E-state index in [-0.39, 0.29) is 24.0 Å². The molecule has 5 nitrogen and oxygen atoms in total. The van der Waals surface area contributed by atoms with Gasteiger partial charge in [-0.25, -0.2) is 4.79 Å². The number of carbonyl (C=O) groups is 2. The molecule has 0 bridgehead atoms. The Morgan fingerprint density at radius 3 is 2.29 bits per heavy atom. The van der Waals surface area contributed by atoms with Crippen LogP contribution >= 0.6 is 0 Å². The van der Waals surface area contributed by atoms with E-state index in [4.69, 9.17) is 0 Å². The fourth-order valence-electron chi connectivity index (χ4n) is 4.60. The number of urea groups is 1. The first-order chi connectivity index (χ1) is 11.6. The van der Waals surface area contributed by atoms with Crippen LogP contribution in [-0.2, 0) is 4.79 Å². The molecule has 2 aliphatic carbocycles. The minimum absolute atomic E-state index is 0.0313. The summed E-state index contributed by atoms with van der Waals surface area (Å²) < 4.78 is 0. The van der Waals surface area contributed by atoms with Crippen LogP contribution in [-0.4, -0.2) is 41.5 Å².